The molecule has 1 unspecified atom stereocenters. The van der Waals surface area contributed by atoms with Gasteiger partial charge in [-0.3, -0.25) is 4.79 Å². The second-order valence-electron chi connectivity index (χ2n) is 7.39. The van der Waals surface area contributed by atoms with Crippen molar-refractivity contribution in [3.63, 3.8) is 0 Å². The Bertz CT molecular complexity index is 1250. The van der Waals surface area contributed by atoms with Gasteiger partial charge in [0, 0.05) is 16.5 Å². The molecule has 0 fully saturated rings. The molecule has 7 heteroatoms. The molecule has 1 atom stereocenters. The lowest BCUT2D eigenvalue weighted by molar-refractivity contribution is -0.113. The van der Waals surface area contributed by atoms with Crippen LogP contribution >= 0.6 is 35.0 Å². The van der Waals surface area contributed by atoms with Crippen LogP contribution in [0, 0.1) is 0 Å². The average molecular weight is 478 g/mol. The molecule has 3 aromatic rings. The van der Waals surface area contributed by atoms with Gasteiger partial charge < -0.3 is 0 Å². The minimum absolute atomic E-state index is 0.0455. The fourth-order valence-electron chi connectivity index (χ4n) is 3.64. The van der Waals surface area contributed by atoms with Gasteiger partial charge in [-0.2, -0.15) is 10.1 Å². The number of benzene rings is 3. The summed E-state index contributed by atoms with van der Waals surface area (Å²) < 4.78 is 0. The highest BCUT2D eigenvalue weighted by atomic mass is 35.5. The standard InChI is InChI=1S/C25H17Cl2N3OS/c26-19-10-6-16(7-11-19)14-23-24(31)28-25(32-23)30-22(18-4-2-1-3-5-18)15-21(29-30)17-8-12-20(27)13-9-17/h1-14,22H,15H2/b23-14-. The van der Waals surface area contributed by atoms with Crippen LogP contribution < -0.4 is 0 Å². The van der Waals surface area contributed by atoms with Crippen molar-refractivity contribution in [1.29, 1.82) is 0 Å². The van der Waals surface area contributed by atoms with Gasteiger partial charge in [-0.25, -0.2) is 5.01 Å². The summed E-state index contributed by atoms with van der Waals surface area (Å²) in [7, 11) is 0. The highest BCUT2D eigenvalue weighted by Gasteiger charge is 2.36. The average Bonchev–Trinajstić information content (AvgIpc) is 3.41. The minimum atomic E-state index is -0.262. The first-order valence-corrected chi connectivity index (χ1v) is 11.6. The van der Waals surface area contributed by atoms with Crippen molar-refractivity contribution in [2.45, 2.75) is 12.5 Å². The van der Waals surface area contributed by atoms with E-state index in [9.17, 15) is 4.79 Å². The fourth-order valence-corrected chi connectivity index (χ4v) is 4.81. The van der Waals surface area contributed by atoms with E-state index in [-0.39, 0.29) is 11.9 Å². The van der Waals surface area contributed by atoms with E-state index in [0.29, 0.717) is 26.5 Å². The third-order valence-electron chi connectivity index (χ3n) is 5.25. The zero-order valence-corrected chi connectivity index (χ0v) is 19.1. The molecule has 158 valence electrons. The van der Waals surface area contributed by atoms with Gasteiger partial charge in [0.25, 0.3) is 5.91 Å². The van der Waals surface area contributed by atoms with Crippen LogP contribution in [-0.2, 0) is 4.79 Å². The van der Waals surface area contributed by atoms with Crippen molar-refractivity contribution < 1.29 is 4.79 Å². The zero-order valence-electron chi connectivity index (χ0n) is 16.8. The lowest BCUT2D eigenvalue weighted by atomic mass is 9.99. The largest absolute Gasteiger partial charge is 0.286 e. The summed E-state index contributed by atoms with van der Waals surface area (Å²) >= 11 is 13.4. The predicted molar refractivity (Wildman–Crippen MR) is 133 cm³/mol. The molecule has 0 N–H and O–H groups in total. The number of amides is 1. The van der Waals surface area contributed by atoms with Gasteiger partial charge in [-0.15, -0.1) is 0 Å². The van der Waals surface area contributed by atoms with Gasteiger partial charge in [-0.05, 0) is 58.8 Å². The SMILES string of the molecule is O=C1N=C(N2N=C(c3ccc(Cl)cc3)CC2c2ccccc2)S/C1=C\c1ccc(Cl)cc1. The topological polar surface area (TPSA) is 45.0 Å². The predicted octanol–water partition coefficient (Wildman–Crippen LogP) is 6.82. The Morgan fingerprint density at radius 1 is 0.906 bits per heavy atom. The summed E-state index contributed by atoms with van der Waals surface area (Å²) in [5, 5.41) is 8.65. The third kappa shape index (κ3) is 4.37. The van der Waals surface area contributed by atoms with Crippen molar-refractivity contribution in [1.82, 2.24) is 5.01 Å². The number of nitrogens with zero attached hydrogens (tertiary/aromatic N) is 3. The van der Waals surface area contributed by atoms with E-state index in [1.165, 1.54) is 11.8 Å². The van der Waals surface area contributed by atoms with E-state index in [1.807, 2.05) is 65.7 Å². The zero-order chi connectivity index (χ0) is 22.1. The van der Waals surface area contributed by atoms with Gasteiger partial charge in [0.2, 0.25) is 0 Å². The summed E-state index contributed by atoms with van der Waals surface area (Å²) in [6.45, 7) is 0. The normalized spacial score (nSPS) is 19.4. The molecule has 0 aliphatic carbocycles. The number of carbonyl (C=O) groups excluding carboxylic acids is 1. The Morgan fingerprint density at radius 3 is 2.25 bits per heavy atom. The van der Waals surface area contributed by atoms with Crippen LogP contribution in [-0.4, -0.2) is 21.8 Å². The van der Waals surface area contributed by atoms with Crippen LogP contribution in [0.2, 0.25) is 10.0 Å². The highest BCUT2D eigenvalue weighted by Crippen LogP contribution is 2.39. The maximum absolute atomic E-state index is 12.7. The van der Waals surface area contributed by atoms with Crippen LogP contribution in [0.15, 0.2) is 93.9 Å². The maximum atomic E-state index is 12.7. The number of hydrogen-bond donors (Lipinski definition) is 0. The summed E-state index contributed by atoms with van der Waals surface area (Å²) in [6.07, 6.45) is 2.53. The molecule has 2 aliphatic rings. The van der Waals surface area contributed by atoms with Crippen molar-refractivity contribution in [2.75, 3.05) is 0 Å². The Labute approximate surface area is 200 Å². The molecule has 3 aromatic carbocycles. The maximum Gasteiger partial charge on any atom is 0.286 e. The number of rotatable bonds is 3. The molecule has 1 amide bonds. The van der Waals surface area contributed by atoms with E-state index in [0.717, 1.165) is 22.4 Å². The molecule has 0 aromatic heterocycles. The lowest BCUT2D eigenvalue weighted by Crippen LogP contribution is -2.23. The third-order valence-corrected chi connectivity index (χ3v) is 6.72. The fraction of sp³-hybridized carbons (Fsp3) is 0.0800. The molecular formula is C25H17Cl2N3OS. The number of amidine groups is 1. The number of halogens is 2. The first-order chi connectivity index (χ1) is 15.6. The summed E-state index contributed by atoms with van der Waals surface area (Å²) in [6, 6.07) is 25.1. The van der Waals surface area contributed by atoms with Crippen LogP contribution in [0.5, 0.6) is 0 Å². The quantitative estimate of drug-likeness (QED) is 0.388. The van der Waals surface area contributed by atoms with Crippen LogP contribution in [0.25, 0.3) is 6.08 Å². The molecule has 5 rings (SSSR count). The van der Waals surface area contributed by atoms with Gasteiger partial charge in [-0.1, -0.05) is 77.8 Å². The molecule has 0 spiro atoms. The van der Waals surface area contributed by atoms with Crippen LogP contribution in [0.1, 0.15) is 29.2 Å². The van der Waals surface area contributed by atoms with Gasteiger partial charge in [0.1, 0.15) is 0 Å². The van der Waals surface area contributed by atoms with Crippen molar-refractivity contribution in [3.8, 4) is 0 Å². The first-order valence-electron chi connectivity index (χ1n) is 10.0. The second kappa shape index (κ2) is 8.94. The Hall–Kier alpha value is -2.86. The number of hydrogen-bond acceptors (Lipinski definition) is 4. The number of aliphatic imine (C=N–C) groups is 1. The number of hydrazone groups is 1. The van der Waals surface area contributed by atoms with Crippen LogP contribution in [0.3, 0.4) is 0 Å². The van der Waals surface area contributed by atoms with Crippen molar-refractivity contribution in [3.05, 3.63) is 111 Å². The smallest absolute Gasteiger partial charge is 0.266 e. The Morgan fingerprint density at radius 2 is 1.56 bits per heavy atom. The highest BCUT2D eigenvalue weighted by molar-refractivity contribution is 8.18. The minimum Gasteiger partial charge on any atom is -0.266 e. The molecule has 4 nitrogen and oxygen atoms in total. The molecule has 2 aliphatic heterocycles. The Kier molecular flexibility index (Phi) is 5.87. The van der Waals surface area contributed by atoms with E-state index < -0.39 is 0 Å². The first kappa shape index (κ1) is 21.0. The summed E-state index contributed by atoms with van der Waals surface area (Å²) in [4.78, 5) is 17.5. The lowest BCUT2D eigenvalue weighted by Gasteiger charge is -2.22. The van der Waals surface area contributed by atoms with Gasteiger partial charge >= 0.3 is 0 Å². The van der Waals surface area contributed by atoms with E-state index in [1.54, 1.807) is 12.1 Å². The number of carbonyl (C=O) groups is 1. The second-order valence-corrected chi connectivity index (χ2v) is 9.27. The van der Waals surface area contributed by atoms with Gasteiger partial charge in [0.05, 0.1) is 16.7 Å². The van der Waals surface area contributed by atoms with Crippen molar-refractivity contribution >= 4 is 57.8 Å². The van der Waals surface area contributed by atoms with E-state index in [4.69, 9.17) is 28.3 Å². The Balaban J connectivity index is 1.47. The molecule has 0 radical (unpaired) electrons. The monoisotopic (exact) mass is 477 g/mol. The molecular weight excluding hydrogens is 461 g/mol. The molecule has 0 saturated carbocycles. The molecule has 0 bridgehead atoms. The van der Waals surface area contributed by atoms with Crippen LogP contribution in [0.4, 0.5) is 0 Å². The van der Waals surface area contributed by atoms with E-state index in [2.05, 4.69) is 17.1 Å². The molecule has 2 heterocycles. The van der Waals surface area contributed by atoms with E-state index >= 15 is 0 Å². The summed E-state index contributed by atoms with van der Waals surface area (Å²) in [5.41, 5.74) is 3.95. The number of thioether (sulfide) groups is 1. The van der Waals surface area contributed by atoms with Crippen molar-refractivity contribution in [2.24, 2.45) is 10.1 Å². The summed E-state index contributed by atoms with van der Waals surface area (Å²) in [5.74, 6) is -0.262. The van der Waals surface area contributed by atoms with Gasteiger partial charge in [0.15, 0.2) is 5.17 Å². The molecule has 0 saturated heterocycles. The molecule has 32 heavy (non-hydrogen) atoms.